The van der Waals surface area contributed by atoms with Crippen LogP contribution in [0.5, 0.6) is 5.75 Å². The van der Waals surface area contributed by atoms with Crippen LogP contribution >= 0.6 is 0 Å². The minimum Gasteiger partial charge on any atom is -0.492 e. The first-order valence-electron chi connectivity index (χ1n) is 7.21. The van der Waals surface area contributed by atoms with Crippen LogP contribution in [-0.2, 0) is 0 Å². The monoisotopic (exact) mass is 273 g/mol. The molecule has 0 radical (unpaired) electrons. The summed E-state index contributed by atoms with van der Waals surface area (Å²) in [5.74, 6) is 0.834. The third kappa shape index (κ3) is 4.22. The summed E-state index contributed by atoms with van der Waals surface area (Å²) in [5, 5.41) is 8.74. The first-order valence-corrected chi connectivity index (χ1v) is 7.21. The third-order valence-electron chi connectivity index (χ3n) is 4.01. The van der Waals surface area contributed by atoms with Crippen molar-refractivity contribution in [2.45, 2.75) is 18.9 Å². The maximum Gasteiger partial charge on any atom is 0.119 e. The maximum absolute atomic E-state index is 8.74. The molecule has 108 valence electrons. The molecule has 0 bridgehead atoms. The average molecular weight is 273 g/mol. The molecule has 1 aliphatic rings. The van der Waals surface area contributed by atoms with Gasteiger partial charge in [0.05, 0.1) is 11.6 Å². The van der Waals surface area contributed by atoms with Gasteiger partial charge in [0.15, 0.2) is 0 Å². The SMILES string of the molecule is CN1CCC(N(C)CCOc2ccc(C#N)cc2)CC1. The fraction of sp³-hybridized carbons (Fsp3) is 0.562. The lowest BCUT2D eigenvalue weighted by molar-refractivity contribution is 0.127. The summed E-state index contributed by atoms with van der Waals surface area (Å²) in [5.41, 5.74) is 0.667. The van der Waals surface area contributed by atoms with E-state index in [4.69, 9.17) is 10.00 Å². The van der Waals surface area contributed by atoms with Gasteiger partial charge in [0.2, 0.25) is 0 Å². The van der Waals surface area contributed by atoms with Gasteiger partial charge in [-0.2, -0.15) is 5.26 Å². The number of likely N-dealkylation sites (N-methyl/N-ethyl adjacent to an activating group) is 1. The predicted molar refractivity (Wildman–Crippen MR) is 79.8 cm³/mol. The van der Waals surface area contributed by atoms with E-state index in [-0.39, 0.29) is 0 Å². The lowest BCUT2D eigenvalue weighted by atomic mass is 10.0. The summed E-state index contributed by atoms with van der Waals surface area (Å²) in [6.07, 6.45) is 2.48. The van der Waals surface area contributed by atoms with Crippen molar-refractivity contribution < 1.29 is 4.74 Å². The Hall–Kier alpha value is -1.57. The van der Waals surface area contributed by atoms with Crippen LogP contribution in [0.1, 0.15) is 18.4 Å². The van der Waals surface area contributed by atoms with Gasteiger partial charge < -0.3 is 9.64 Å². The Morgan fingerprint density at radius 2 is 1.95 bits per heavy atom. The second kappa shape index (κ2) is 7.28. The van der Waals surface area contributed by atoms with Crippen LogP contribution in [0.4, 0.5) is 0 Å². The first-order chi connectivity index (χ1) is 9.69. The van der Waals surface area contributed by atoms with Crippen molar-refractivity contribution in [2.75, 3.05) is 40.3 Å². The van der Waals surface area contributed by atoms with Crippen molar-refractivity contribution in [3.63, 3.8) is 0 Å². The Morgan fingerprint density at radius 1 is 1.30 bits per heavy atom. The molecule has 0 atom stereocenters. The number of rotatable bonds is 5. The summed E-state index contributed by atoms with van der Waals surface area (Å²) in [4.78, 5) is 4.79. The largest absolute Gasteiger partial charge is 0.492 e. The Kier molecular flexibility index (Phi) is 5.40. The topological polar surface area (TPSA) is 39.5 Å². The van der Waals surface area contributed by atoms with Crippen LogP contribution in [0, 0.1) is 11.3 Å². The number of piperidine rings is 1. The van der Waals surface area contributed by atoms with Crippen LogP contribution in [-0.4, -0.2) is 56.2 Å². The van der Waals surface area contributed by atoms with E-state index in [0.29, 0.717) is 18.2 Å². The molecule has 2 rings (SSSR count). The third-order valence-corrected chi connectivity index (χ3v) is 4.01. The molecule has 4 nitrogen and oxygen atoms in total. The fourth-order valence-corrected chi connectivity index (χ4v) is 2.55. The standard InChI is InChI=1S/C16H23N3O/c1-18-9-7-15(8-10-18)19(2)11-12-20-16-5-3-14(13-17)4-6-16/h3-6,15H,7-12H2,1-2H3. The molecule has 0 saturated carbocycles. The summed E-state index contributed by atoms with van der Waals surface area (Å²) >= 11 is 0. The highest BCUT2D eigenvalue weighted by atomic mass is 16.5. The number of hydrogen-bond acceptors (Lipinski definition) is 4. The van der Waals surface area contributed by atoms with Crippen molar-refractivity contribution in [2.24, 2.45) is 0 Å². The summed E-state index contributed by atoms with van der Waals surface area (Å²) in [6, 6.07) is 10.1. The van der Waals surface area contributed by atoms with Gasteiger partial charge >= 0.3 is 0 Å². The number of nitriles is 1. The average Bonchev–Trinajstić information content (AvgIpc) is 2.48. The Bertz CT molecular complexity index is 444. The molecule has 4 heteroatoms. The molecule has 0 spiro atoms. The molecule has 0 aliphatic carbocycles. The Balaban J connectivity index is 1.70. The molecule has 1 aliphatic heterocycles. The molecule has 0 amide bonds. The number of nitrogens with zero attached hydrogens (tertiary/aromatic N) is 3. The van der Waals surface area contributed by atoms with Gasteiger partial charge in [-0.1, -0.05) is 0 Å². The van der Waals surface area contributed by atoms with Crippen LogP contribution in [0.15, 0.2) is 24.3 Å². The molecule has 1 saturated heterocycles. The van der Waals surface area contributed by atoms with E-state index in [1.54, 1.807) is 12.1 Å². The van der Waals surface area contributed by atoms with Crippen molar-refractivity contribution >= 4 is 0 Å². The van der Waals surface area contributed by atoms with Crippen molar-refractivity contribution in [1.29, 1.82) is 5.26 Å². The van der Waals surface area contributed by atoms with Gasteiger partial charge in [0.25, 0.3) is 0 Å². The molecule has 0 unspecified atom stereocenters. The summed E-state index contributed by atoms with van der Waals surface area (Å²) < 4.78 is 5.73. The molecular weight excluding hydrogens is 250 g/mol. The van der Waals surface area contributed by atoms with E-state index < -0.39 is 0 Å². The smallest absolute Gasteiger partial charge is 0.119 e. The zero-order valence-electron chi connectivity index (χ0n) is 12.4. The zero-order valence-corrected chi connectivity index (χ0v) is 12.4. The van der Waals surface area contributed by atoms with Crippen molar-refractivity contribution in [1.82, 2.24) is 9.80 Å². The number of hydrogen-bond donors (Lipinski definition) is 0. The van der Waals surface area contributed by atoms with Crippen molar-refractivity contribution in [3.8, 4) is 11.8 Å². The zero-order chi connectivity index (χ0) is 14.4. The van der Waals surface area contributed by atoms with Gasteiger partial charge in [-0.05, 0) is 64.3 Å². The quantitative estimate of drug-likeness (QED) is 0.822. The lowest BCUT2D eigenvalue weighted by Gasteiger charge is -2.35. The first kappa shape index (κ1) is 14.8. The van der Waals surface area contributed by atoms with Crippen molar-refractivity contribution in [3.05, 3.63) is 29.8 Å². The van der Waals surface area contributed by atoms with Gasteiger partial charge in [-0.25, -0.2) is 0 Å². The van der Waals surface area contributed by atoms with Crippen LogP contribution in [0.2, 0.25) is 0 Å². The van der Waals surface area contributed by atoms with Gasteiger partial charge in [0.1, 0.15) is 12.4 Å². The second-order valence-corrected chi connectivity index (χ2v) is 5.50. The highest BCUT2D eigenvalue weighted by Crippen LogP contribution is 2.15. The molecule has 1 aromatic carbocycles. The van der Waals surface area contributed by atoms with E-state index in [1.165, 1.54) is 25.9 Å². The Labute approximate surface area is 121 Å². The molecule has 1 fully saturated rings. The molecule has 1 heterocycles. The Morgan fingerprint density at radius 3 is 2.55 bits per heavy atom. The van der Waals surface area contributed by atoms with Gasteiger partial charge in [0, 0.05) is 12.6 Å². The van der Waals surface area contributed by atoms with E-state index in [9.17, 15) is 0 Å². The number of benzene rings is 1. The molecule has 0 N–H and O–H groups in total. The highest BCUT2D eigenvalue weighted by molar-refractivity contribution is 5.34. The summed E-state index contributed by atoms with van der Waals surface area (Å²) in [6.45, 7) is 4.00. The van der Waals surface area contributed by atoms with Crippen LogP contribution < -0.4 is 4.74 Å². The minimum atomic E-state index is 0.667. The van der Waals surface area contributed by atoms with E-state index in [2.05, 4.69) is 30.0 Å². The van der Waals surface area contributed by atoms with Gasteiger partial charge in [-0.3, -0.25) is 4.90 Å². The second-order valence-electron chi connectivity index (χ2n) is 5.50. The van der Waals surface area contributed by atoms with E-state index >= 15 is 0 Å². The fourth-order valence-electron chi connectivity index (χ4n) is 2.55. The van der Waals surface area contributed by atoms with E-state index in [1.807, 2.05) is 12.1 Å². The molecule has 0 aromatic heterocycles. The van der Waals surface area contributed by atoms with Gasteiger partial charge in [-0.15, -0.1) is 0 Å². The predicted octanol–water partition coefficient (Wildman–Crippen LogP) is 1.96. The highest BCUT2D eigenvalue weighted by Gasteiger charge is 2.20. The normalized spacial score (nSPS) is 17.1. The van der Waals surface area contributed by atoms with E-state index in [0.717, 1.165) is 12.3 Å². The summed E-state index contributed by atoms with van der Waals surface area (Å²) in [7, 11) is 4.36. The number of likely N-dealkylation sites (tertiary alicyclic amines) is 1. The number of ether oxygens (including phenoxy) is 1. The molecular formula is C16H23N3O. The molecule has 20 heavy (non-hydrogen) atoms. The maximum atomic E-state index is 8.74. The lowest BCUT2D eigenvalue weighted by Crippen LogP contribution is -2.43. The van der Waals surface area contributed by atoms with Crippen LogP contribution in [0.3, 0.4) is 0 Å². The minimum absolute atomic E-state index is 0.667. The van der Waals surface area contributed by atoms with Crippen LogP contribution in [0.25, 0.3) is 0 Å². The molecule has 1 aromatic rings.